The van der Waals surface area contributed by atoms with Crippen molar-refractivity contribution in [2.24, 2.45) is 11.8 Å². The molecule has 2 N–H and O–H groups in total. The van der Waals surface area contributed by atoms with E-state index in [0.29, 0.717) is 35.9 Å². The van der Waals surface area contributed by atoms with Crippen molar-refractivity contribution in [2.45, 2.75) is 32.6 Å². The van der Waals surface area contributed by atoms with Crippen LogP contribution < -0.4 is 5.32 Å². The normalized spacial score (nSPS) is 23.0. The predicted molar refractivity (Wildman–Crippen MR) is 70.1 cm³/mol. The van der Waals surface area contributed by atoms with Gasteiger partial charge in [-0.25, -0.2) is 0 Å². The van der Waals surface area contributed by atoms with Crippen molar-refractivity contribution in [2.75, 3.05) is 6.54 Å². The lowest BCUT2D eigenvalue weighted by Crippen LogP contribution is -2.32. The molecule has 19 heavy (non-hydrogen) atoms. The number of carboxylic acid groups (broad SMARTS) is 1. The topological polar surface area (TPSA) is 92.2 Å². The van der Waals surface area contributed by atoms with E-state index in [1.807, 2.05) is 0 Å². The van der Waals surface area contributed by atoms with Crippen LogP contribution in [0.5, 0.6) is 0 Å². The number of carboxylic acids is 1. The SMILES string of the molecule is Cc1nnsc1C(=O)NCC1CCC(C(=O)O)CC1. The number of aromatic nitrogens is 2. The Balaban J connectivity index is 1.77. The summed E-state index contributed by atoms with van der Waals surface area (Å²) in [6, 6.07) is 0. The van der Waals surface area contributed by atoms with Crippen LogP contribution in [0.2, 0.25) is 0 Å². The summed E-state index contributed by atoms with van der Waals surface area (Å²) in [5.74, 6) is -0.665. The fraction of sp³-hybridized carbons (Fsp3) is 0.667. The Bertz CT molecular complexity index is 467. The van der Waals surface area contributed by atoms with Crippen LogP contribution in [0.4, 0.5) is 0 Å². The summed E-state index contributed by atoms with van der Waals surface area (Å²) in [5.41, 5.74) is 0.650. The summed E-state index contributed by atoms with van der Waals surface area (Å²) in [7, 11) is 0. The molecule has 0 aromatic carbocycles. The molecule has 0 saturated heterocycles. The second-order valence-corrected chi connectivity index (χ2v) is 5.71. The Kier molecular flexibility index (Phi) is 4.47. The lowest BCUT2D eigenvalue weighted by molar-refractivity contribution is -0.143. The van der Waals surface area contributed by atoms with Crippen LogP contribution in [0.25, 0.3) is 0 Å². The summed E-state index contributed by atoms with van der Waals surface area (Å²) in [6.07, 6.45) is 3.13. The molecule has 2 rings (SSSR count). The second-order valence-electron chi connectivity index (χ2n) is 4.95. The van der Waals surface area contributed by atoms with Crippen LogP contribution in [-0.4, -0.2) is 33.1 Å². The lowest BCUT2D eigenvalue weighted by atomic mass is 9.82. The highest BCUT2D eigenvalue weighted by Gasteiger charge is 2.26. The second kappa shape index (κ2) is 6.10. The maximum atomic E-state index is 11.9. The Hall–Kier alpha value is -1.50. The molecule has 1 heterocycles. The zero-order chi connectivity index (χ0) is 13.8. The lowest BCUT2D eigenvalue weighted by Gasteiger charge is -2.26. The van der Waals surface area contributed by atoms with E-state index in [-0.39, 0.29) is 11.8 Å². The van der Waals surface area contributed by atoms with E-state index in [1.165, 1.54) is 0 Å². The number of nitrogens with zero attached hydrogens (tertiary/aromatic N) is 2. The highest BCUT2D eigenvalue weighted by molar-refractivity contribution is 7.07. The summed E-state index contributed by atoms with van der Waals surface area (Å²) in [5, 5.41) is 15.6. The largest absolute Gasteiger partial charge is 0.481 e. The van der Waals surface area contributed by atoms with E-state index in [1.54, 1.807) is 6.92 Å². The number of hydrogen-bond donors (Lipinski definition) is 2. The van der Waals surface area contributed by atoms with E-state index in [2.05, 4.69) is 14.9 Å². The van der Waals surface area contributed by atoms with Gasteiger partial charge in [-0.3, -0.25) is 9.59 Å². The van der Waals surface area contributed by atoms with E-state index >= 15 is 0 Å². The van der Waals surface area contributed by atoms with E-state index < -0.39 is 5.97 Å². The first-order chi connectivity index (χ1) is 9.08. The average Bonchev–Trinajstić information content (AvgIpc) is 2.83. The fourth-order valence-corrected chi connectivity index (χ4v) is 2.94. The number of carbonyl (C=O) groups is 2. The minimum absolute atomic E-state index is 0.132. The maximum absolute atomic E-state index is 11.9. The summed E-state index contributed by atoms with van der Waals surface area (Å²) in [6.45, 7) is 2.36. The van der Waals surface area contributed by atoms with Crippen LogP contribution in [0.1, 0.15) is 41.0 Å². The Labute approximate surface area is 115 Å². The maximum Gasteiger partial charge on any atom is 0.306 e. The number of nitrogens with one attached hydrogen (secondary N) is 1. The van der Waals surface area contributed by atoms with Crippen LogP contribution in [0.15, 0.2) is 0 Å². The number of aryl methyl sites for hydroxylation is 1. The molecule has 104 valence electrons. The summed E-state index contributed by atoms with van der Waals surface area (Å²) < 4.78 is 3.73. The van der Waals surface area contributed by atoms with E-state index in [0.717, 1.165) is 24.4 Å². The molecule has 6 nitrogen and oxygen atoms in total. The van der Waals surface area contributed by atoms with Gasteiger partial charge in [0.2, 0.25) is 0 Å². The van der Waals surface area contributed by atoms with Gasteiger partial charge in [-0.15, -0.1) is 5.10 Å². The summed E-state index contributed by atoms with van der Waals surface area (Å²) in [4.78, 5) is 23.3. The van der Waals surface area contributed by atoms with Crippen molar-refractivity contribution in [1.82, 2.24) is 14.9 Å². The molecule has 7 heteroatoms. The van der Waals surface area contributed by atoms with Gasteiger partial charge < -0.3 is 10.4 Å². The van der Waals surface area contributed by atoms with Crippen LogP contribution in [-0.2, 0) is 4.79 Å². The van der Waals surface area contributed by atoms with Gasteiger partial charge in [0.15, 0.2) is 0 Å². The molecular weight excluding hydrogens is 266 g/mol. The zero-order valence-corrected chi connectivity index (χ0v) is 11.6. The number of hydrogen-bond acceptors (Lipinski definition) is 5. The molecule has 0 aliphatic heterocycles. The van der Waals surface area contributed by atoms with Gasteiger partial charge in [0.25, 0.3) is 5.91 Å². The number of carbonyl (C=O) groups excluding carboxylic acids is 1. The van der Waals surface area contributed by atoms with Crippen molar-refractivity contribution in [1.29, 1.82) is 0 Å². The monoisotopic (exact) mass is 283 g/mol. The first-order valence-corrected chi connectivity index (χ1v) is 7.15. The van der Waals surface area contributed by atoms with Crippen LogP contribution >= 0.6 is 11.5 Å². The van der Waals surface area contributed by atoms with Gasteiger partial charge in [-0.1, -0.05) is 4.49 Å². The third-order valence-electron chi connectivity index (χ3n) is 3.61. The van der Waals surface area contributed by atoms with Crippen molar-refractivity contribution in [3.05, 3.63) is 10.6 Å². The van der Waals surface area contributed by atoms with Crippen molar-refractivity contribution in [3.8, 4) is 0 Å². The first kappa shape index (κ1) is 13.9. The van der Waals surface area contributed by atoms with Gasteiger partial charge >= 0.3 is 5.97 Å². The molecule has 0 spiro atoms. The minimum atomic E-state index is -0.700. The Morgan fingerprint density at radius 3 is 2.58 bits per heavy atom. The molecular formula is C12H17N3O3S. The highest BCUT2D eigenvalue weighted by Crippen LogP contribution is 2.28. The first-order valence-electron chi connectivity index (χ1n) is 6.38. The summed E-state index contributed by atoms with van der Waals surface area (Å²) >= 11 is 1.10. The van der Waals surface area contributed by atoms with Crippen molar-refractivity contribution in [3.63, 3.8) is 0 Å². The van der Waals surface area contributed by atoms with Gasteiger partial charge in [0, 0.05) is 6.54 Å². The van der Waals surface area contributed by atoms with E-state index in [9.17, 15) is 9.59 Å². The quantitative estimate of drug-likeness (QED) is 0.873. The van der Waals surface area contributed by atoms with Gasteiger partial charge in [-0.05, 0) is 50.1 Å². The van der Waals surface area contributed by atoms with Gasteiger partial charge in [-0.2, -0.15) is 0 Å². The molecule has 1 amide bonds. The molecule has 1 saturated carbocycles. The zero-order valence-electron chi connectivity index (χ0n) is 10.8. The average molecular weight is 283 g/mol. The van der Waals surface area contributed by atoms with Crippen molar-refractivity contribution < 1.29 is 14.7 Å². The molecule has 0 atom stereocenters. The third kappa shape index (κ3) is 3.50. The smallest absolute Gasteiger partial charge is 0.306 e. The molecule has 1 fully saturated rings. The predicted octanol–water partition coefficient (Wildman–Crippen LogP) is 1.47. The molecule has 1 aliphatic carbocycles. The highest BCUT2D eigenvalue weighted by atomic mass is 32.1. The van der Waals surface area contributed by atoms with Crippen molar-refractivity contribution >= 4 is 23.4 Å². The molecule has 0 unspecified atom stereocenters. The standard InChI is InChI=1S/C12H17N3O3S/c1-7-10(19-15-14-7)11(16)13-6-8-2-4-9(5-3-8)12(17)18/h8-9H,2-6H2,1H3,(H,13,16)(H,17,18). The van der Waals surface area contributed by atoms with Gasteiger partial charge in [0.05, 0.1) is 11.6 Å². The minimum Gasteiger partial charge on any atom is -0.481 e. The Morgan fingerprint density at radius 2 is 2.05 bits per heavy atom. The van der Waals surface area contributed by atoms with E-state index in [4.69, 9.17) is 5.11 Å². The van der Waals surface area contributed by atoms with Crippen LogP contribution in [0.3, 0.4) is 0 Å². The molecule has 1 aromatic heterocycles. The Morgan fingerprint density at radius 1 is 1.37 bits per heavy atom. The number of amides is 1. The van der Waals surface area contributed by atoms with Crippen LogP contribution in [0, 0.1) is 18.8 Å². The number of aliphatic carboxylic acids is 1. The molecule has 1 aliphatic rings. The fourth-order valence-electron chi connectivity index (χ4n) is 2.37. The molecule has 0 radical (unpaired) electrons. The molecule has 1 aromatic rings. The molecule has 0 bridgehead atoms. The number of rotatable bonds is 4. The third-order valence-corrected chi connectivity index (χ3v) is 4.43. The van der Waals surface area contributed by atoms with Gasteiger partial charge in [0.1, 0.15) is 4.88 Å².